The molecule has 0 radical (unpaired) electrons. The molecule has 1 N–H and O–H groups in total. The average Bonchev–Trinajstić information content (AvgIpc) is 2.43. The highest BCUT2D eigenvalue weighted by Gasteiger charge is 2.40. The molecule has 0 saturated heterocycles. The van der Waals surface area contributed by atoms with Crippen LogP contribution < -0.4 is 10.1 Å². The fourth-order valence-corrected chi connectivity index (χ4v) is 3.90. The molecule has 1 aromatic rings. The van der Waals surface area contributed by atoms with Gasteiger partial charge in [0.15, 0.2) is 0 Å². The fraction of sp³-hybridized carbons (Fsp3) is 0.667. The van der Waals surface area contributed by atoms with E-state index in [0.29, 0.717) is 6.04 Å². The Morgan fingerprint density at radius 2 is 1.80 bits per heavy atom. The number of ether oxygens (including phenoxy) is 1. The molecule has 110 valence electrons. The van der Waals surface area contributed by atoms with Crippen LogP contribution in [-0.2, 0) is 0 Å². The average molecular weight is 273 g/mol. The molecule has 2 heteroatoms. The first-order chi connectivity index (χ1) is 9.72. The summed E-state index contributed by atoms with van der Waals surface area (Å²) in [6, 6.07) is 7.08. The van der Waals surface area contributed by atoms with Crippen LogP contribution in [0, 0.1) is 6.92 Å². The zero-order valence-electron chi connectivity index (χ0n) is 12.9. The van der Waals surface area contributed by atoms with Crippen LogP contribution in [0.4, 0.5) is 0 Å². The van der Waals surface area contributed by atoms with Crippen LogP contribution in [0.2, 0.25) is 0 Å². The second-order valence-electron chi connectivity index (χ2n) is 6.64. The normalized spacial score (nSPS) is 25.4. The van der Waals surface area contributed by atoms with Crippen molar-refractivity contribution in [3.05, 3.63) is 29.3 Å². The smallest absolute Gasteiger partial charge is 0.124 e. The molecular formula is C18H27NO. The summed E-state index contributed by atoms with van der Waals surface area (Å²) in [6.45, 7) is 2.16. The number of hydrogen-bond donors (Lipinski definition) is 1. The van der Waals surface area contributed by atoms with Gasteiger partial charge in [-0.2, -0.15) is 0 Å². The van der Waals surface area contributed by atoms with E-state index < -0.39 is 0 Å². The second kappa shape index (κ2) is 5.77. The van der Waals surface area contributed by atoms with Crippen molar-refractivity contribution in [2.45, 2.75) is 69.9 Å². The van der Waals surface area contributed by atoms with Gasteiger partial charge in [0, 0.05) is 18.0 Å². The SMILES string of the molecule is CNC1CC2(CCCCCCC2)Oc2ccc(C)cc21. The molecule has 1 aromatic carbocycles. The maximum absolute atomic E-state index is 6.54. The topological polar surface area (TPSA) is 21.3 Å². The van der Waals surface area contributed by atoms with E-state index in [4.69, 9.17) is 4.74 Å². The molecule has 1 heterocycles. The molecule has 1 fully saturated rings. The van der Waals surface area contributed by atoms with Crippen molar-refractivity contribution >= 4 is 0 Å². The zero-order valence-corrected chi connectivity index (χ0v) is 12.9. The summed E-state index contributed by atoms with van der Waals surface area (Å²) in [4.78, 5) is 0. The first-order valence-electron chi connectivity index (χ1n) is 8.19. The Balaban J connectivity index is 1.90. The molecule has 20 heavy (non-hydrogen) atoms. The van der Waals surface area contributed by atoms with Gasteiger partial charge in [0.2, 0.25) is 0 Å². The first-order valence-corrected chi connectivity index (χ1v) is 8.19. The van der Waals surface area contributed by atoms with Gasteiger partial charge in [0.05, 0.1) is 0 Å². The van der Waals surface area contributed by atoms with Gasteiger partial charge >= 0.3 is 0 Å². The van der Waals surface area contributed by atoms with Gasteiger partial charge in [-0.1, -0.05) is 37.0 Å². The monoisotopic (exact) mass is 273 g/mol. The highest BCUT2D eigenvalue weighted by Crippen LogP contribution is 2.45. The lowest BCUT2D eigenvalue weighted by Crippen LogP contribution is -2.44. The van der Waals surface area contributed by atoms with Crippen LogP contribution >= 0.6 is 0 Å². The van der Waals surface area contributed by atoms with Crippen LogP contribution in [0.3, 0.4) is 0 Å². The molecule has 2 nitrogen and oxygen atoms in total. The Bertz CT molecular complexity index is 460. The summed E-state index contributed by atoms with van der Waals surface area (Å²) in [5.41, 5.74) is 2.75. The third-order valence-electron chi connectivity index (χ3n) is 5.06. The van der Waals surface area contributed by atoms with E-state index in [9.17, 15) is 0 Å². The van der Waals surface area contributed by atoms with Crippen molar-refractivity contribution < 1.29 is 4.74 Å². The Labute approximate surface area is 122 Å². The first kappa shape index (κ1) is 13.9. The largest absolute Gasteiger partial charge is 0.487 e. The Kier molecular flexibility index (Phi) is 4.02. The molecular weight excluding hydrogens is 246 g/mol. The van der Waals surface area contributed by atoms with Crippen LogP contribution in [0.5, 0.6) is 5.75 Å². The lowest BCUT2D eigenvalue weighted by molar-refractivity contribution is 0.00735. The lowest BCUT2D eigenvalue weighted by atomic mass is 9.78. The summed E-state index contributed by atoms with van der Waals surface area (Å²) < 4.78 is 6.54. The van der Waals surface area contributed by atoms with Gasteiger partial charge in [0.1, 0.15) is 11.4 Å². The zero-order chi connectivity index (χ0) is 14.0. The molecule has 0 amide bonds. The minimum atomic E-state index is 0.0797. The van der Waals surface area contributed by atoms with Crippen molar-refractivity contribution in [1.82, 2.24) is 5.32 Å². The standard InChI is InChI=1S/C18H27NO/c1-14-8-9-17-15(12-14)16(19-2)13-18(20-17)10-6-4-3-5-7-11-18/h8-9,12,16,19H,3-7,10-11,13H2,1-2H3. The van der Waals surface area contributed by atoms with Crippen LogP contribution in [-0.4, -0.2) is 12.6 Å². The quantitative estimate of drug-likeness (QED) is 0.812. The Morgan fingerprint density at radius 3 is 2.50 bits per heavy atom. The fourth-order valence-electron chi connectivity index (χ4n) is 3.90. The molecule has 1 unspecified atom stereocenters. The predicted molar refractivity (Wildman–Crippen MR) is 83.3 cm³/mol. The van der Waals surface area contributed by atoms with Crippen LogP contribution in [0.15, 0.2) is 18.2 Å². The van der Waals surface area contributed by atoms with E-state index in [-0.39, 0.29) is 5.60 Å². The number of hydrogen-bond acceptors (Lipinski definition) is 2. The molecule has 2 aliphatic rings. The molecule has 1 atom stereocenters. The van der Waals surface area contributed by atoms with Gasteiger partial charge in [-0.25, -0.2) is 0 Å². The van der Waals surface area contributed by atoms with Crippen LogP contribution in [0.25, 0.3) is 0 Å². The van der Waals surface area contributed by atoms with Crippen molar-refractivity contribution in [3.63, 3.8) is 0 Å². The summed E-state index contributed by atoms with van der Waals surface area (Å²) in [7, 11) is 2.08. The number of rotatable bonds is 1. The Hall–Kier alpha value is -1.02. The van der Waals surface area contributed by atoms with Crippen molar-refractivity contribution in [3.8, 4) is 5.75 Å². The molecule has 1 saturated carbocycles. The number of benzene rings is 1. The summed E-state index contributed by atoms with van der Waals surface area (Å²) >= 11 is 0. The van der Waals surface area contributed by atoms with Gasteiger partial charge in [-0.3, -0.25) is 0 Å². The van der Waals surface area contributed by atoms with E-state index in [2.05, 4.69) is 37.5 Å². The van der Waals surface area contributed by atoms with Gasteiger partial charge in [0.25, 0.3) is 0 Å². The maximum Gasteiger partial charge on any atom is 0.124 e. The number of aryl methyl sites for hydroxylation is 1. The summed E-state index contributed by atoms with van der Waals surface area (Å²) in [5.74, 6) is 1.11. The second-order valence-corrected chi connectivity index (χ2v) is 6.64. The third-order valence-corrected chi connectivity index (χ3v) is 5.06. The van der Waals surface area contributed by atoms with Crippen LogP contribution in [0.1, 0.15) is 68.5 Å². The summed E-state index contributed by atoms with van der Waals surface area (Å²) in [5, 5.41) is 3.51. The molecule has 3 rings (SSSR count). The molecule has 1 aliphatic heterocycles. The summed E-state index contributed by atoms with van der Waals surface area (Å²) in [6.07, 6.45) is 10.3. The van der Waals surface area contributed by atoms with E-state index >= 15 is 0 Å². The third kappa shape index (κ3) is 2.71. The highest BCUT2D eigenvalue weighted by atomic mass is 16.5. The predicted octanol–water partition coefficient (Wildman–Crippen LogP) is 4.52. The van der Waals surface area contributed by atoms with E-state index in [1.165, 1.54) is 56.1 Å². The van der Waals surface area contributed by atoms with Gasteiger partial charge < -0.3 is 10.1 Å². The molecule has 0 aromatic heterocycles. The van der Waals surface area contributed by atoms with E-state index in [1.807, 2.05) is 0 Å². The Morgan fingerprint density at radius 1 is 1.10 bits per heavy atom. The minimum Gasteiger partial charge on any atom is -0.487 e. The van der Waals surface area contributed by atoms with Crippen molar-refractivity contribution in [2.75, 3.05) is 7.05 Å². The van der Waals surface area contributed by atoms with E-state index in [0.717, 1.165) is 12.2 Å². The van der Waals surface area contributed by atoms with Crippen molar-refractivity contribution in [2.24, 2.45) is 0 Å². The lowest BCUT2D eigenvalue weighted by Gasteiger charge is -2.43. The van der Waals surface area contributed by atoms with Gasteiger partial charge in [-0.15, -0.1) is 0 Å². The van der Waals surface area contributed by atoms with Crippen molar-refractivity contribution in [1.29, 1.82) is 0 Å². The highest BCUT2D eigenvalue weighted by molar-refractivity contribution is 5.41. The molecule has 1 aliphatic carbocycles. The maximum atomic E-state index is 6.54. The number of fused-ring (bicyclic) bond motifs is 1. The molecule has 1 spiro atoms. The number of nitrogens with one attached hydrogen (secondary N) is 1. The van der Waals surface area contributed by atoms with Gasteiger partial charge in [-0.05, 0) is 45.7 Å². The van der Waals surface area contributed by atoms with E-state index in [1.54, 1.807) is 0 Å². The minimum absolute atomic E-state index is 0.0797. The molecule has 0 bridgehead atoms.